The number of sulfonamides is 1. The van der Waals surface area contributed by atoms with Gasteiger partial charge in [0.1, 0.15) is 6.04 Å². The van der Waals surface area contributed by atoms with E-state index in [0.717, 1.165) is 16.6 Å². The lowest BCUT2D eigenvalue weighted by Crippen LogP contribution is -2.47. The summed E-state index contributed by atoms with van der Waals surface area (Å²) in [5, 5.41) is 13.6. The molecule has 2 amide bonds. The maximum absolute atomic E-state index is 12.9. The lowest BCUT2D eigenvalue weighted by molar-refractivity contribution is -0.384. The van der Waals surface area contributed by atoms with Gasteiger partial charge in [0.25, 0.3) is 11.6 Å². The van der Waals surface area contributed by atoms with E-state index in [1.807, 2.05) is 0 Å². The molecule has 0 aliphatic carbocycles. The average Bonchev–Trinajstić information content (AvgIpc) is 2.65. The molecular formula is C18H20N4O6S. The fourth-order valence-electron chi connectivity index (χ4n) is 2.83. The summed E-state index contributed by atoms with van der Waals surface area (Å²) in [6.45, 7) is 1.60. The molecule has 2 rings (SSSR count). The minimum Gasteiger partial charge on any atom is -0.366 e. The largest absolute Gasteiger partial charge is 0.366 e. The first-order valence-corrected chi connectivity index (χ1v) is 10.3. The summed E-state index contributed by atoms with van der Waals surface area (Å²) in [5.41, 5.74) is 5.17. The number of nitro groups is 1. The number of primary amides is 1. The second-order valence-corrected chi connectivity index (χ2v) is 8.02. The minimum atomic E-state index is -3.98. The van der Waals surface area contributed by atoms with Crippen LogP contribution in [-0.2, 0) is 14.8 Å². The summed E-state index contributed by atoms with van der Waals surface area (Å²) in [6.07, 6.45) is 0.972. The quantitative estimate of drug-likeness (QED) is 0.491. The Labute approximate surface area is 167 Å². The van der Waals surface area contributed by atoms with Crippen LogP contribution in [0.25, 0.3) is 0 Å². The van der Waals surface area contributed by atoms with Crippen molar-refractivity contribution in [2.24, 2.45) is 5.73 Å². The van der Waals surface area contributed by atoms with Crippen molar-refractivity contribution in [2.45, 2.75) is 19.4 Å². The smallest absolute Gasteiger partial charge is 0.271 e. The van der Waals surface area contributed by atoms with Crippen LogP contribution in [0.2, 0.25) is 0 Å². The number of nitrogens with one attached hydrogen (secondary N) is 1. The summed E-state index contributed by atoms with van der Waals surface area (Å²) < 4.78 is 25.7. The van der Waals surface area contributed by atoms with E-state index in [1.165, 1.54) is 30.3 Å². The number of benzene rings is 2. The first-order chi connectivity index (χ1) is 13.6. The molecule has 0 aliphatic heterocycles. The average molecular weight is 420 g/mol. The molecule has 154 valence electrons. The van der Waals surface area contributed by atoms with E-state index >= 15 is 0 Å². The lowest BCUT2D eigenvalue weighted by atomic mass is 10.1. The minimum absolute atomic E-state index is 0.0214. The third-order valence-corrected chi connectivity index (χ3v) is 5.26. The monoisotopic (exact) mass is 420 g/mol. The van der Waals surface area contributed by atoms with Gasteiger partial charge in [0.15, 0.2) is 0 Å². The van der Waals surface area contributed by atoms with Crippen molar-refractivity contribution in [1.29, 1.82) is 0 Å². The van der Waals surface area contributed by atoms with Gasteiger partial charge in [-0.2, -0.15) is 0 Å². The Kier molecular flexibility index (Phi) is 6.54. The van der Waals surface area contributed by atoms with Gasteiger partial charge < -0.3 is 11.1 Å². The Bertz CT molecular complexity index is 1050. The van der Waals surface area contributed by atoms with Crippen LogP contribution in [0, 0.1) is 10.1 Å². The predicted molar refractivity (Wildman–Crippen MR) is 108 cm³/mol. The number of rotatable bonds is 8. The standard InChI is InChI=1S/C18H20N4O6S/c1-3-16(18(24)20-15-10-5-4-9-14(15)17(19)23)21(29(2,27)28)12-7-6-8-13(11-12)22(25)26/h4-11,16H,3H2,1-2H3,(H2,19,23)(H,20,24). The lowest BCUT2D eigenvalue weighted by Gasteiger charge is -2.30. The van der Waals surface area contributed by atoms with Gasteiger partial charge in [-0.05, 0) is 24.6 Å². The number of nitrogens with two attached hydrogens (primary N) is 1. The summed E-state index contributed by atoms with van der Waals surface area (Å²) in [6, 6.07) is 9.81. The Morgan fingerprint density at radius 1 is 1.21 bits per heavy atom. The van der Waals surface area contributed by atoms with Crippen LogP contribution in [0.3, 0.4) is 0 Å². The number of hydrogen-bond acceptors (Lipinski definition) is 6. The molecule has 2 aromatic rings. The molecule has 0 aromatic heterocycles. The Hall–Kier alpha value is -3.47. The van der Waals surface area contributed by atoms with Crippen LogP contribution in [0.15, 0.2) is 48.5 Å². The van der Waals surface area contributed by atoms with E-state index in [-0.39, 0.29) is 29.0 Å². The molecule has 1 unspecified atom stereocenters. The van der Waals surface area contributed by atoms with E-state index in [2.05, 4.69) is 5.32 Å². The maximum atomic E-state index is 12.9. The molecule has 29 heavy (non-hydrogen) atoms. The number of anilines is 2. The predicted octanol–water partition coefficient (Wildman–Crippen LogP) is 1.88. The zero-order valence-electron chi connectivity index (χ0n) is 15.7. The first-order valence-electron chi connectivity index (χ1n) is 8.49. The summed E-state index contributed by atoms with van der Waals surface area (Å²) in [5.74, 6) is -1.47. The second-order valence-electron chi connectivity index (χ2n) is 6.16. The zero-order valence-corrected chi connectivity index (χ0v) is 16.5. The molecule has 0 fully saturated rings. The van der Waals surface area contributed by atoms with Crippen molar-refractivity contribution in [3.63, 3.8) is 0 Å². The number of carbonyl (C=O) groups excluding carboxylic acids is 2. The van der Waals surface area contributed by atoms with Gasteiger partial charge in [-0.15, -0.1) is 0 Å². The highest BCUT2D eigenvalue weighted by Gasteiger charge is 2.32. The van der Waals surface area contributed by atoms with Crippen molar-refractivity contribution >= 4 is 38.9 Å². The first kappa shape index (κ1) is 21.8. The molecule has 0 spiro atoms. The summed E-state index contributed by atoms with van der Waals surface area (Å²) >= 11 is 0. The van der Waals surface area contributed by atoms with Gasteiger partial charge >= 0.3 is 0 Å². The van der Waals surface area contributed by atoms with Crippen LogP contribution >= 0.6 is 0 Å². The SMILES string of the molecule is CCC(C(=O)Nc1ccccc1C(N)=O)N(c1cccc([N+](=O)[O-])c1)S(C)(=O)=O. The highest BCUT2D eigenvalue weighted by atomic mass is 32.2. The third-order valence-electron chi connectivity index (χ3n) is 4.08. The van der Waals surface area contributed by atoms with Crippen molar-refractivity contribution < 1.29 is 22.9 Å². The van der Waals surface area contributed by atoms with E-state index in [4.69, 9.17) is 5.73 Å². The number of amides is 2. The van der Waals surface area contributed by atoms with Gasteiger partial charge in [0.05, 0.1) is 28.1 Å². The molecule has 11 heteroatoms. The second kappa shape index (κ2) is 8.69. The summed E-state index contributed by atoms with van der Waals surface area (Å²) in [4.78, 5) is 34.9. The zero-order chi connectivity index (χ0) is 21.8. The molecule has 0 aliphatic rings. The van der Waals surface area contributed by atoms with E-state index < -0.39 is 32.8 Å². The molecule has 0 radical (unpaired) electrons. The molecular weight excluding hydrogens is 400 g/mol. The van der Waals surface area contributed by atoms with Crippen LogP contribution in [0.5, 0.6) is 0 Å². The van der Waals surface area contributed by atoms with Crippen molar-refractivity contribution in [2.75, 3.05) is 15.9 Å². The van der Waals surface area contributed by atoms with E-state index in [9.17, 15) is 28.1 Å². The summed E-state index contributed by atoms with van der Waals surface area (Å²) in [7, 11) is -3.98. The number of non-ortho nitro benzene ring substituents is 1. The van der Waals surface area contributed by atoms with Crippen molar-refractivity contribution in [1.82, 2.24) is 0 Å². The molecule has 10 nitrogen and oxygen atoms in total. The third kappa shape index (κ3) is 5.08. The normalized spacial score (nSPS) is 12.1. The van der Waals surface area contributed by atoms with E-state index in [1.54, 1.807) is 19.1 Å². The molecule has 0 bridgehead atoms. The molecule has 0 saturated carbocycles. The van der Waals surface area contributed by atoms with Crippen molar-refractivity contribution in [3.8, 4) is 0 Å². The number of para-hydroxylation sites is 1. The van der Waals surface area contributed by atoms with Crippen LogP contribution in [0.4, 0.5) is 17.1 Å². The molecule has 0 heterocycles. The molecule has 2 aromatic carbocycles. The number of carbonyl (C=O) groups is 2. The van der Waals surface area contributed by atoms with E-state index in [0.29, 0.717) is 0 Å². The Morgan fingerprint density at radius 3 is 2.41 bits per heavy atom. The van der Waals surface area contributed by atoms with Crippen LogP contribution in [0.1, 0.15) is 23.7 Å². The van der Waals surface area contributed by atoms with Gasteiger partial charge in [-0.3, -0.25) is 24.0 Å². The van der Waals surface area contributed by atoms with Crippen LogP contribution in [-0.4, -0.2) is 37.5 Å². The Morgan fingerprint density at radius 2 is 1.86 bits per heavy atom. The fraction of sp³-hybridized carbons (Fsp3) is 0.222. The maximum Gasteiger partial charge on any atom is 0.271 e. The van der Waals surface area contributed by atoms with Crippen LogP contribution < -0.4 is 15.4 Å². The van der Waals surface area contributed by atoms with Gasteiger partial charge in [0, 0.05) is 12.1 Å². The van der Waals surface area contributed by atoms with Gasteiger partial charge in [0.2, 0.25) is 15.9 Å². The van der Waals surface area contributed by atoms with Gasteiger partial charge in [-0.1, -0.05) is 25.1 Å². The number of nitrogens with zero attached hydrogens (tertiary/aromatic N) is 2. The number of nitro benzene ring substituents is 1. The fourth-order valence-corrected chi connectivity index (χ4v) is 4.03. The number of hydrogen-bond donors (Lipinski definition) is 2. The highest BCUT2D eigenvalue weighted by molar-refractivity contribution is 7.92. The van der Waals surface area contributed by atoms with Crippen molar-refractivity contribution in [3.05, 3.63) is 64.2 Å². The highest BCUT2D eigenvalue weighted by Crippen LogP contribution is 2.27. The van der Waals surface area contributed by atoms with Gasteiger partial charge in [-0.25, -0.2) is 8.42 Å². The molecule has 0 saturated heterocycles. The Balaban J connectivity index is 2.47. The molecule has 1 atom stereocenters. The molecule has 3 N–H and O–H groups in total. The topological polar surface area (TPSA) is 153 Å².